The Labute approximate surface area is 229 Å². The van der Waals surface area contributed by atoms with Crippen LogP contribution in [0.3, 0.4) is 0 Å². The summed E-state index contributed by atoms with van der Waals surface area (Å²) < 4.78 is 5.46. The standard InChI is InChI=1S/C31H34N4O4/c1-5-18-35-28(23-10-8-7-9-11-23)26(29(36)39-6-2)27(34-31(35)38)22-13-16-24(17-14-22)32-30(37)33-25-15-12-20(3)21(4)19-25/h7-17,19,27H,5-6,18H2,1-4H3,(H,34,38)(H2,32,33,37). The first kappa shape index (κ1) is 27.4. The summed E-state index contributed by atoms with van der Waals surface area (Å²) in [5, 5.41) is 8.65. The lowest BCUT2D eigenvalue weighted by atomic mass is 9.91. The van der Waals surface area contributed by atoms with Gasteiger partial charge < -0.3 is 20.7 Å². The highest BCUT2D eigenvalue weighted by molar-refractivity contribution is 6.05. The van der Waals surface area contributed by atoms with Crippen LogP contribution >= 0.6 is 0 Å². The first-order chi connectivity index (χ1) is 18.8. The number of hydrogen-bond acceptors (Lipinski definition) is 4. The fourth-order valence-electron chi connectivity index (χ4n) is 4.55. The predicted molar refractivity (Wildman–Crippen MR) is 153 cm³/mol. The lowest BCUT2D eigenvalue weighted by Crippen LogP contribution is -2.48. The van der Waals surface area contributed by atoms with Gasteiger partial charge in [-0.3, -0.25) is 4.90 Å². The molecule has 0 aromatic heterocycles. The number of ether oxygens (including phenoxy) is 1. The normalized spacial score (nSPS) is 15.0. The van der Waals surface area contributed by atoms with Crippen LogP contribution in [0.5, 0.6) is 0 Å². The van der Waals surface area contributed by atoms with Crippen LogP contribution in [-0.2, 0) is 9.53 Å². The molecule has 0 aliphatic carbocycles. The second-order valence-electron chi connectivity index (χ2n) is 9.38. The van der Waals surface area contributed by atoms with Gasteiger partial charge in [0.05, 0.1) is 23.9 Å². The summed E-state index contributed by atoms with van der Waals surface area (Å²) in [4.78, 5) is 40.8. The Morgan fingerprint density at radius 2 is 1.56 bits per heavy atom. The van der Waals surface area contributed by atoms with E-state index in [9.17, 15) is 14.4 Å². The van der Waals surface area contributed by atoms with Crippen molar-refractivity contribution in [2.75, 3.05) is 23.8 Å². The van der Waals surface area contributed by atoms with Crippen molar-refractivity contribution in [1.29, 1.82) is 0 Å². The van der Waals surface area contributed by atoms with Crippen LogP contribution in [-0.4, -0.2) is 36.1 Å². The Bertz CT molecular complexity index is 1380. The number of benzene rings is 3. The smallest absolute Gasteiger partial charge is 0.338 e. The Morgan fingerprint density at radius 1 is 0.897 bits per heavy atom. The molecule has 0 bridgehead atoms. The Hall–Kier alpha value is -4.59. The molecule has 3 N–H and O–H groups in total. The zero-order valence-electron chi connectivity index (χ0n) is 22.7. The third kappa shape index (κ3) is 6.29. The molecular weight excluding hydrogens is 492 g/mol. The van der Waals surface area contributed by atoms with E-state index >= 15 is 0 Å². The summed E-state index contributed by atoms with van der Waals surface area (Å²) in [5.41, 5.74) is 5.86. The van der Waals surface area contributed by atoms with Gasteiger partial charge in [0.2, 0.25) is 0 Å². The molecule has 0 spiro atoms. The topological polar surface area (TPSA) is 99.8 Å². The maximum atomic E-state index is 13.3. The third-order valence-corrected chi connectivity index (χ3v) is 6.58. The second-order valence-corrected chi connectivity index (χ2v) is 9.38. The highest BCUT2D eigenvalue weighted by atomic mass is 16.5. The van der Waals surface area contributed by atoms with E-state index in [0.717, 1.165) is 23.1 Å². The monoisotopic (exact) mass is 526 g/mol. The Balaban J connectivity index is 1.64. The van der Waals surface area contributed by atoms with Crippen LogP contribution in [0.25, 0.3) is 5.70 Å². The molecule has 0 saturated carbocycles. The summed E-state index contributed by atoms with van der Waals surface area (Å²) >= 11 is 0. The quantitative estimate of drug-likeness (QED) is 0.296. The Morgan fingerprint density at radius 3 is 2.21 bits per heavy atom. The molecule has 8 heteroatoms. The fraction of sp³-hybridized carbons (Fsp3) is 0.258. The SMILES string of the molecule is CCCN1C(=O)NC(c2ccc(NC(=O)Nc3ccc(C)c(C)c3)cc2)C(C(=O)OCC)=C1c1ccccc1. The first-order valence-electron chi connectivity index (χ1n) is 13.1. The summed E-state index contributed by atoms with van der Waals surface area (Å²) in [6, 6.07) is 20.8. The van der Waals surface area contributed by atoms with E-state index in [0.29, 0.717) is 34.8 Å². The highest BCUT2D eigenvalue weighted by Crippen LogP contribution is 2.37. The van der Waals surface area contributed by atoms with Crippen molar-refractivity contribution < 1.29 is 19.1 Å². The predicted octanol–water partition coefficient (Wildman–Crippen LogP) is 6.40. The van der Waals surface area contributed by atoms with Gasteiger partial charge in [0, 0.05) is 17.9 Å². The van der Waals surface area contributed by atoms with E-state index < -0.39 is 12.0 Å². The van der Waals surface area contributed by atoms with Gasteiger partial charge in [-0.15, -0.1) is 0 Å². The number of nitrogens with zero attached hydrogens (tertiary/aromatic N) is 1. The molecule has 1 aliphatic rings. The molecule has 1 unspecified atom stereocenters. The van der Waals surface area contributed by atoms with Gasteiger partial charge in [-0.25, -0.2) is 14.4 Å². The number of carbonyl (C=O) groups excluding carboxylic acids is 3. The maximum absolute atomic E-state index is 13.3. The molecule has 3 aromatic rings. The fourth-order valence-corrected chi connectivity index (χ4v) is 4.55. The minimum atomic E-state index is -0.724. The van der Waals surface area contributed by atoms with Gasteiger partial charge in [-0.2, -0.15) is 0 Å². The number of anilines is 2. The number of rotatable bonds is 8. The average Bonchev–Trinajstić information content (AvgIpc) is 2.92. The minimum Gasteiger partial charge on any atom is -0.463 e. The van der Waals surface area contributed by atoms with Crippen LogP contribution in [0.2, 0.25) is 0 Å². The van der Waals surface area contributed by atoms with Crippen molar-refractivity contribution >= 4 is 35.1 Å². The number of urea groups is 2. The van der Waals surface area contributed by atoms with Crippen molar-refractivity contribution in [2.24, 2.45) is 0 Å². The lowest BCUT2D eigenvalue weighted by molar-refractivity contribution is -0.138. The van der Waals surface area contributed by atoms with E-state index in [1.807, 2.05) is 69.3 Å². The van der Waals surface area contributed by atoms with Crippen LogP contribution in [0.15, 0.2) is 78.4 Å². The zero-order valence-corrected chi connectivity index (χ0v) is 22.7. The van der Waals surface area contributed by atoms with Crippen LogP contribution in [0.1, 0.15) is 48.6 Å². The summed E-state index contributed by atoms with van der Waals surface area (Å²) in [5.74, 6) is -0.488. The number of carbonyl (C=O) groups is 3. The maximum Gasteiger partial charge on any atom is 0.338 e. The highest BCUT2D eigenvalue weighted by Gasteiger charge is 2.38. The van der Waals surface area contributed by atoms with Crippen molar-refractivity contribution in [1.82, 2.24) is 10.2 Å². The van der Waals surface area contributed by atoms with E-state index in [-0.39, 0.29) is 18.7 Å². The zero-order chi connectivity index (χ0) is 27.9. The number of esters is 1. The summed E-state index contributed by atoms with van der Waals surface area (Å²) in [6.45, 7) is 8.40. The molecule has 1 atom stereocenters. The molecule has 4 amide bonds. The van der Waals surface area contributed by atoms with Gasteiger partial charge in [-0.05, 0) is 73.7 Å². The van der Waals surface area contributed by atoms with Crippen molar-refractivity contribution in [3.8, 4) is 0 Å². The van der Waals surface area contributed by atoms with Gasteiger partial charge in [0.1, 0.15) is 0 Å². The number of nitrogens with one attached hydrogen (secondary N) is 3. The molecule has 0 fully saturated rings. The van der Waals surface area contributed by atoms with Crippen LogP contribution < -0.4 is 16.0 Å². The van der Waals surface area contributed by atoms with E-state index in [1.165, 1.54) is 0 Å². The molecule has 0 saturated heterocycles. The first-order valence-corrected chi connectivity index (χ1v) is 13.1. The molecule has 1 aliphatic heterocycles. The molecule has 0 radical (unpaired) electrons. The third-order valence-electron chi connectivity index (χ3n) is 6.58. The van der Waals surface area contributed by atoms with Gasteiger partial charge in [-0.1, -0.05) is 55.5 Å². The molecule has 4 rings (SSSR count). The number of hydrogen-bond donors (Lipinski definition) is 3. The van der Waals surface area contributed by atoms with E-state index in [4.69, 9.17) is 4.74 Å². The summed E-state index contributed by atoms with van der Waals surface area (Å²) in [6.07, 6.45) is 0.717. The average molecular weight is 527 g/mol. The molecule has 3 aromatic carbocycles. The van der Waals surface area contributed by atoms with Crippen molar-refractivity contribution in [2.45, 2.75) is 40.2 Å². The second kappa shape index (κ2) is 12.3. The van der Waals surface area contributed by atoms with Gasteiger partial charge >= 0.3 is 18.0 Å². The molecule has 39 heavy (non-hydrogen) atoms. The van der Waals surface area contributed by atoms with E-state index in [1.54, 1.807) is 36.1 Å². The summed E-state index contributed by atoms with van der Waals surface area (Å²) in [7, 11) is 0. The van der Waals surface area contributed by atoms with Crippen LogP contribution in [0.4, 0.5) is 21.0 Å². The van der Waals surface area contributed by atoms with E-state index in [2.05, 4.69) is 16.0 Å². The molecular formula is C31H34N4O4. The van der Waals surface area contributed by atoms with Crippen LogP contribution in [0, 0.1) is 13.8 Å². The largest absolute Gasteiger partial charge is 0.463 e. The Kier molecular flexibility index (Phi) is 8.66. The molecule has 202 valence electrons. The number of aryl methyl sites for hydroxylation is 2. The molecule has 1 heterocycles. The number of amides is 4. The van der Waals surface area contributed by atoms with Crippen molar-refractivity contribution in [3.05, 3.63) is 101 Å². The lowest BCUT2D eigenvalue weighted by Gasteiger charge is -2.36. The molecule has 8 nitrogen and oxygen atoms in total. The van der Waals surface area contributed by atoms with Gasteiger partial charge in [0.25, 0.3) is 0 Å². The van der Waals surface area contributed by atoms with Crippen molar-refractivity contribution in [3.63, 3.8) is 0 Å². The van der Waals surface area contributed by atoms with Gasteiger partial charge in [0.15, 0.2) is 0 Å². The minimum absolute atomic E-state index is 0.206.